The number of sulfonamides is 1. The zero-order valence-electron chi connectivity index (χ0n) is 15.0. The first-order valence-corrected chi connectivity index (χ1v) is 10.6. The summed E-state index contributed by atoms with van der Waals surface area (Å²) in [6, 6.07) is 5.54. The zero-order valence-corrected chi connectivity index (χ0v) is 16.6. The van der Waals surface area contributed by atoms with Crippen molar-refractivity contribution in [3.05, 3.63) is 23.8 Å². The Morgan fingerprint density at radius 3 is 2.69 bits per heavy atom. The minimum Gasteiger partial charge on any atom is -0.326 e. The van der Waals surface area contributed by atoms with Gasteiger partial charge in [0.05, 0.1) is 11.4 Å². The Morgan fingerprint density at radius 2 is 2.04 bits per heavy atom. The average molecular weight is 400 g/mol. The van der Waals surface area contributed by atoms with Crippen LogP contribution in [0.25, 0.3) is 0 Å². The van der Waals surface area contributed by atoms with Gasteiger partial charge in [0.1, 0.15) is 0 Å². The summed E-state index contributed by atoms with van der Waals surface area (Å²) in [6.45, 7) is 4.40. The second-order valence-corrected chi connectivity index (χ2v) is 9.61. The minimum absolute atomic E-state index is 0. The average Bonchev–Trinajstić information content (AvgIpc) is 3.15. The van der Waals surface area contributed by atoms with Crippen LogP contribution in [0.1, 0.15) is 31.2 Å². The van der Waals surface area contributed by atoms with Crippen molar-refractivity contribution in [1.82, 2.24) is 5.32 Å². The number of nitrogens with zero attached hydrogens (tertiary/aromatic N) is 1. The van der Waals surface area contributed by atoms with Crippen LogP contribution in [0.2, 0.25) is 0 Å². The molecule has 1 aromatic carbocycles. The van der Waals surface area contributed by atoms with Crippen molar-refractivity contribution in [3.63, 3.8) is 0 Å². The number of amides is 1. The molecule has 3 fully saturated rings. The van der Waals surface area contributed by atoms with Gasteiger partial charge in [0.2, 0.25) is 15.9 Å². The van der Waals surface area contributed by atoms with Crippen LogP contribution < -0.4 is 14.9 Å². The fourth-order valence-electron chi connectivity index (χ4n) is 4.29. The van der Waals surface area contributed by atoms with E-state index < -0.39 is 10.0 Å². The molecule has 1 unspecified atom stereocenters. The van der Waals surface area contributed by atoms with E-state index in [2.05, 4.69) is 10.6 Å². The summed E-state index contributed by atoms with van der Waals surface area (Å²) in [5.74, 6) is 0.359. The van der Waals surface area contributed by atoms with Crippen molar-refractivity contribution >= 4 is 39.7 Å². The van der Waals surface area contributed by atoms with Crippen molar-refractivity contribution in [2.24, 2.45) is 11.3 Å². The maximum Gasteiger partial charge on any atom is 0.235 e. The second kappa shape index (κ2) is 7.02. The lowest BCUT2D eigenvalue weighted by atomic mass is 9.92. The van der Waals surface area contributed by atoms with E-state index >= 15 is 0 Å². The molecule has 2 heterocycles. The SMILES string of the molecule is Cc1ccc(NC(=O)C2CC23CCNCC3)cc1N1CCCS1(=O)=O.Cl. The summed E-state index contributed by atoms with van der Waals surface area (Å²) in [7, 11) is -3.22. The Labute approximate surface area is 161 Å². The first-order valence-electron chi connectivity index (χ1n) is 9.04. The number of hydrogen-bond donors (Lipinski definition) is 2. The Balaban J connectivity index is 0.00000196. The molecule has 8 heteroatoms. The normalized spacial score (nSPS) is 25.6. The second-order valence-electron chi connectivity index (χ2n) is 7.60. The molecule has 3 aliphatic rings. The van der Waals surface area contributed by atoms with Crippen LogP contribution in [0.4, 0.5) is 11.4 Å². The van der Waals surface area contributed by atoms with E-state index in [4.69, 9.17) is 0 Å². The van der Waals surface area contributed by atoms with Gasteiger partial charge < -0.3 is 10.6 Å². The number of anilines is 2. The number of hydrogen-bond acceptors (Lipinski definition) is 4. The standard InChI is InChI=1S/C18H25N3O3S.ClH/c1-13-3-4-14(11-16(13)21-9-2-10-25(21,23)24)20-17(22)15-12-18(15)5-7-19-8-6-18;/h3-4,11,15,19H,2,5-10,12H2,1H3,(H,20,22);1H. The van der Waals surface area contributed by atoms with E-state index in [9.17, 15) is 13.2 Å². The highest BCUT2D eigenvalue weighted by molar-refractivity contribution is 7.93. The van der Waals surface area contributed by atoms with Crippen molar-refractivity contribution in [1.29, 1.82) is 0 Å². The third-order valence-electron chi connectivity index (χ3n) is 5.95. The maximum atomic E-state index is 12.6. The predicted octanol–water partition coefficient (Wildman–Crippen LogP) is 2.28. The van der Waals surface area contributed by atoms with E-state index in [-0.39, 0.29) is 35.4 Å². The summed E-state index contributed by atoms with van der Waals surface area (Å²) in [6.07, 6.45) is 3.75. The van der Waals surface area contributed by atoms with Gasteiger partial charge in [-0.15, -0.1) is 12.4 Å². The lowest BCUT2D eigenvalue weighted by Gasteiger charge is -2.23. The molecule has 2 saturated heterocycles. The van der Waals surface area contributed by atoms with Crippen LogP contribution in [-0.2, 0) is 14.8 Å². The highest BCUT2D eigenvalue weighted by Gasteiger charge is 2.57. The molecule has 144 valence electrons. The third-order valence-corrected chi connectivity index (χ3v) is 7.81. The summed E-state index contributed by atoms with van der Waals surface area (Å²) in [5.41, 5.74) is 2.47. The number of nitrogens with one attached hydrogen (secondary N) is 2. The fraction of sp³-hybridized carbons (Fsp3) is 0.611. The van der Waals surface area contributed by atoms with Crippen molar-refractivity contribution in [2.75, 3.05) is 35.0 Å². The molecule has 2 aliphatic heterocycles. The predicted molar refractivity (Wildman–Crippen MR) is 105 cm³/mol. The molecule has 0 radical (unpaired) electrons. The molecule has 1 spiro atoms. The number of halogens is 1. The van der Waals surface area contributed by atoms with Gasteiger partial charge in [0.15, 0.2) is 0 Å². The minimum atomic E-state index is -3.22. The van der Waals surface area contributed by atoms with Crippen molar-refractivity contribution in [3.8, 4) is 0 Å². The number of carbonyl (C=O) groups is 1. The molecule has 26 heavy (non-hydrogen) atoms. The lowest BCUT2D eigenvalue weighted by molar-refractivity contribution is -0.118. The van der Waals surface area contributed by atoms with E-state index in [1.165, 1.54) is 4.31 Å². The number of carbonyl (C=O) groups excluding carboxylic acids is 1. The Hall–Kier alpha value is -1.31. The molecule has 1 aliphatic carbocycles. The van der Waals surface area contributed by atoms with E-state index in [0.717, 1.165) is 37.9 Å². The van der Waals surface area contributed by atoms with Gasteiger partial charge in [-0.2, -0.15) is 0 Å². The number of rotatable bonds is 3. The summed E-state index contributed by atoms with van der Waals surface area (Å²) < 4.78 is 25.9. The molecule has 1 aromatic rings. The van der Waals surface area contributed by atoms with Gasteiger partial charge in [-0.05, 0) is 68.8 Å². The van der Waals surface area contributed by atoms with Crippen LogP contribution >= 0.6 is 12.4 Å². The highest BCUT2D eigenvalue weighted by Crippen LogP contribution is 2.58. The van der Waals surface area contributed by atoms with Crippen LogP contribution in [0.15, 0.2) is 18.2 Å². The molecule has 1 atom stereocenters. The smallest absolute Gasteiger partial charge is 0.235 e. The van der Waals surface area contributed by atoms with E-state index in [0.29, 0.717) is 24.3 Å². The van der Waals surface area contributed by atoms with Crippen molar-refractivity contribution < 1.29 is 13.2 Å². The van der Waals surface area contributed by atoms with Crippen LogP contribution in [0.5, 0.6) is 0 Å². The topological polar surface area (TPSA) is 78.5 Å². The monoisotopic (exact) mass is 399 g/mol. The quantitative estimate of drug-likeness (QED) is 0.817. The molecule has 0 aromatic heterocycles. The third kappa shape index (κ3) is 3.44. The summed E-state index contributed by atoms with van der Waals surface area (Å²) in [4.78, 5) is 12.6. The Kier molecular flexibility index (Phi) is 5.25. The molecule has 1 amide bonds. The largest absolute Gasteiger partial charge is 0.326 e. The van der Waals surface area contributed by atoms with E-state index in [1.807, 2.05) is 19.1 Å². The lowest BCUT2D eigenvalue weighted by Crippen LogP contribution is -2.31. The van der Waals surface area contributed by atoms with Gasteiger partial charge >= 0.3 is 0 Å². The Morgan fingerprint density at radius 1 is 1.31 bits per heavy atom. The summed E-state index contributed by atoms with van der Waals surface area (Å²) in [5, 5.41) is 6.36. The van der Waals surface area contributed by atoms with E-state index in [1.54, 1.807) is 6.07 Å². The van der Waals surface area contributed by atoms with Gasteiger partial charge in [-0.25, -0.2) is 8.42 Å². The molecular formula is C18H26ClN3O3S. The first-order chi connectivity index (χ1) is 11.9. The van der Waals surface area contributed by atoms with Crippen LogP contribution in [-0.4, -0.2) is 39.7 Å². The zero-order chi connectivity index (χ0) is 17.7. The number of piperidine rings is 1. The molecule has 2 N–H and O–H groups in total. The van der Waals surface area contributed by atoms with Gasteiger partial charge in [0, 0.05) is 18.2 Å². The molecular weight excluding hydrogens is 374 g/mol. The van der Waals surface area contributed by atoms with Crippen LogP contribution in [0.3, 0.4) is 0 Å². The molecule has 0 bridgehead atoms. The van der Waals surface area contributed by atoms with Gasteiger partial charge in [-0.3, -0.25) is 9.10 Å². The fourth-order valence-corrected chi connectivity index (χ4v) is 5.91. The highest BCUT2D eigenvalue weighted by atomic mass is 35.5. The van der Waals surface area contributed by atoms with Crippen molar-refractivity contribution in [2.45, 2.75) is 32.6 Å². The maximum absolute atomic E-state index is 12.6. The Bertz CT molecular complexity index is 806. The first kappa shape index (κ1) is 19.5. The molecule has 4 rings (SSSR count). The van der Waals surface area contributed by atoms with Gasteiger partial charge in [-0.1, -0.05) is 6.07 Å². The van der Waals surface area contributed by atoms with Gasteiger partial charge in [0.25, 0.3) is 0 Å². The van der Waals surface area contributed by atoms with Crippen LogP contribution in [0, 0.1) is 18.3 Å². The molecule has 6 nitrogen and oxygen atoms in total. The number of benzene rings is 1. The number of aryl methyl sites for hydroxylation is 1. The summed E-state index contributed by atoms with van der Waals surface area (Å²) >= 11 is 0. The molecule has 1 saturated carbocycles.